The second-order valence-electron chi connectivity index (χ2n) is 5.80. The number of benzene rings is 2. The summed E-state index contributed by atoms with van der Waals surface area (Å²) in [5.74, 6) is 0. The minimum Gasteiger partial charge on any atom is -0.306 e. The van der Waals surface area contributed by atoms with Gasteiger partial charge in [0.25, 0.3) is 0 Å². The summed E-state index contributed by atoms with van der Waals surface area (Å²) in [4.78, 5) is 0. The second-order valence-corrected chi connectivity index (χ2v) is 5.80. The minimum absolute atomic E-state index is 0.467. The molecule has 1 heteroatoms. The first-order chi connectivity index (χ1) is 10.9. The van der Waals surface area contributed by atoms with E-state index in [0.717, 1.165) is 6.54 Å². The molecule has 1 aliphatic carbocycles. The monoisotopic (exact) mass is 289 g/mol. The molecule has 0 radical (unpaired) electrons. The van der Waals surface area contributed by atoms with Crippen molar-refractivity contribution in [2.45, 2.75) is 31.8 Å². The molecule has 2 aromatic rings. The van der Waals surface area contributed by atoms with E-state index in [1.54, 1.807) is 0 Å². The highest BCUT2D eigenvalue weighted by molar-refractivity contribution is 5.53. The molecule has 0 aromatic heterocycles. The van der Waals surface area contributed by atoms with Gasteiger partial charge in [-0.2, -0.15) is 0 Å². The van der Waals surface area contributed by atoms with Crippen LogP contribution in [0.1, 0.15) is 30.4 Å². The molecular weight excluding hydrogens is 266 g/mol. The Morgan fingerprint density at radius 1 is 0.909 bits per heavy atom. The number of hydrogen-bond acceptors (Lipinski definition) is 1. The van der Waals surface area contributed by atoms with Crippen LogP contribution in [0, 0.1) is 0 Å². The Balaban J connectivity index is 1.64. The zero-order valence-electron chi connectivity index (χ0n) is 12.9. The van der Waals surface area contributed by atoms with Crippen LogP contribution in [0.5, 0.6) is 0 Å². The lowest BCUT2D eigenvalue weighted by atomic mass is 9.93. The van der Waals surface area contributed by atoms with Crippen molar-refractivity contribution in [3.8, 4) is 0 Å². The van der Waals surface area contributed by atoms with Crippen molar-refractivity contribution in [2.75, 3.05) is 0 Å². The van der Waals surface area contributed by atoms with Crippen LogP contribution in [-0.2, 0) is 6.54 Å². The SMILES string of the molecule is C1=C(/C=C/c2ccccc2)[C@@H](NCc2ccccc2)CCC1. The largest absolute Gasteiger partial charge is 0.306 e. The Kier molecular flexibility index (Phi) is 5.22. The molecule has 0 aliphatic heterocycles. The van der Waals surface area contributed by atoms with Gasteiger partial charge in [0.1, 0.15) is 0 Å². The van der Waals surface area contributed by atoms with Crippen LogP contribution in [0.15, 0.2) is 78.4 Å². The Bertz CT molecular complexity index is 625. The molecule has 0 saturated heterocycles. The molecule has 0 bridgehead atoms. The summed E-state index contributed by atoms with van der Waals surface area (Å²) in [5, 5.41) is 3.70. The van der Waals surface area contributed by atoms with E-state index in [2.05, 4.69) is 84.2 Å². The van der Waals surface area contributed by atoms with E-state index in [4.69, 9.17) is 0 Å². The van der Waals surface area contributed by atoms with E-state index in [1.807, 2.05) is 0 Å². The van der Waals surface area contributed by atoms with Crippen molar-refractivity contribution < 1.29 is 0 Å². The molecule has 0 fully saturated rings. The molecule has 0 heterocycles. The second kappa shape index (κ2) is 7.77. The number of allylic oxidation sites excluding steroid dienone is 1. The quantitative estimate of drug-likeness (QED) is 0.819. The maximum absolute atomic E-state index is 3.70. The van der Waals surface area contributed by atoms with Crippen LogP contribution in [0.2, 0.25) is 0 Å². The molecule has 1 atom stereocenters. The topological polar surface area (TPSA) is 12.0 Å². The molecule has 0 saturated carbocycles. The molecule has 0 unspecified atom stereocenters. The molecule has 2 aromatic carbocycles. The van der Waals surface area contributed by atoms with E-state index in [0.29, 0.717) is 6.04 Å². The van der Waals surface area contributed by atoms with Crippen molar-refractivity contribution in [3.05, 3.63) is 89.5 Å². The number of hydrogen-bond donors (Lipinski definition) is 1. The van der Waals surface area contributed by atoms with Crippen LogP contribution in [-0.4, -0.2) is 6.04 Å². The highest BCUT2D eigenvalue weighted by atomic mass is 14.9. The van der Waals surface area contributed by atoms with Gasteiger partial charge in [0, 0.05) is 12.6 Å². The highest BCUT2D eigenvalue weighted by Crippen LogP contribution is 2.21. The van der Waals surface area contributed by atoms with Gasteiger partial charge in [-0.3, -0.25) is 0 Å². The minimum atomic E-state index is 0.467. The first kappa shape index (κ1) is 14.8. The molecular formula is C21H23N. The van der Waals surface area contributed by atoms with Crippen LogP contribution in [0.25, 0.3) is 6.08 Å². The van der Waals surface area contributed by atoms with Crippen molar-refractivity contribution >= 4 is 6.08 Å². The van der Waals surface area contributed by atoms with Crippen molar-refractivity contribution in [1.29, 1.82) is 0 Å². The summed E-state index contributed by atoms with van der Waals surface area (Å²) in [6, 6.07) is 21.6. The van der Waals surface area contributed by atoms with Crippen molar-refractivity contribution in [1.82, 2.24) is 5.32 Å². The average Bonchev–Trinajstić information content (AvgIpc) is 2.61. The summed E-state index contributed by atoms with van der Waals surface area (Å²) in [5.41, 5.74) is 4.03. The third-order valence-corrected chi connectivity index (χ3v) is 4.14. The number of rotatable bonds is 5. The summed E-state index contributed by atoms with van der Waals surface area (Å²) >= 11 is 0. The third kappa shape index (κ3) is 4.19. The summed E-state index contributed by atoms with van der Waals surface area (Å²) < 4.78 is 0. The summed E-state index contributed by atoms with van der Waals surface area (Å²) in [6.45, 7) is 0.933. The molecule has 1 nitrogen and oxygen atoms in total. The van der Waals surface area contributed by atoms with Crippen molar-refractivity contribution in [3.63, 3.8) is 0 Å². The first-order valence-corrected chi connectivity index (χ1v) is 8.12. The van der Waals surface area contributed by atoms with Gasteiger partial charge in [0.15, 0.2) is 0 Å². The standard InChI is InChI=1S/C21H23N/c1-3-9-18(10-4-1)15-16-20-13-7-8-14-21(20)22-17-19-11-5-2-6-12-19/h1-6,9-13,15-16,21-22H,7-8,14,17H2/b16-15+/t21-/m0/s1. The van der Waals surface area contributed by atoms with Gasteiger partial charge in [-0.05, 0) is 36.0 Å². The summed E-state index contributed by atoms with van der Waals surface area (Å²) in [7, 11) is 0. The molecule has 1 aliphatic rings. The van der Waals surface area contributed by atoms with E-state index in [9.17, 15) is 0 Å². The van der Waals surface area contributed by atoms with Gasteiger partial charge in [-0.25, -0.2) is 0 Å². The van der Waals surface area contributed by atoms with E-state index >= 15 is 0 Å². The fourth-order valence-electron chi connectivity index (χ4n) is 2.90. The lowest BCUT2D eigenvalue weighted by Crippen LogP contribution is -2.31. The first-order valence-electron chi connectivity index (χ1n) is 8.12. The zero-order chi connectivity index (χ0) is 15.0. The zero-order valence-corrected chi connectivity index (χ0v) is 12.9. The Morgan fingerprint density at radius 3 is 2.41 bits per heavy atom. The van der Waals surface area contributed by atoms with Gasteiger partial charge in [0.05, 0.1) is 0 Å². The van der Waals surface area contributed by atoms with E-state index in [-0.39, 0.29) is 0 Å². The Hall–Kier alpha value is -2.12. The van der Waals surface area contributed by atoms with Crippen LogP contribution in [0.3, 0.4) is 0 Å². The average molecular weight is 289 g/mol. The lowest BCUT2D eigenvalue weighted by molar-refractivity contribution is 0.507. The van der Waals surface area contributed by atoms with Crippen LogP contribution >= 0.6 is 0 Å². The Morgan fingerprint density at radius 2 is 1.64 bits per heavy atom. The summed E-state index contributed by atoms with van der Waals surface area (Å²) in [6.07, 6.45) is 10.6. The van der Waals surface area contributed by atoms with Gasteiger partial charge in [-0.1, -0.05) is 78.9 Å². The molecule has 3 rings (SSSR count). The predicted octanol–water partition coefficient (Wildman–Crippen LogP) is 4.97. The van der Waals surface area contributed by atoms with Crippen LogP contribution in [0.4, 0.5) is 0 Å². The Labute approximate surface area is 133 Å². The van der Waals surface area contributed by atoms with Crippen molar-refractivity contribution in [2.24, 2.45) is 0 Å². The highest BCUT2D eigenvalue weighted by Gasteiger charge is 2.14. The molecule has 112 valence electrons. The molecule has 1 N–H and O–H groups in total. The molecule has 0 spiro atoms. The maximum Gasteiger partial charge on any atom is 0.0320 e. The van der Waals surface area contributed by atoms with Crippen LogP contribution < -0.4 is 5.32 Å². The predicted molar refractivity (Wildman–Crippen MR) is 94.5 cm³/mol. The van der Waals surface area contributed by atoms with Gasteiger partial charge >= 0.3 is 0 Å². The third-order valence-electron chi connectivity index (χ3n) is 4.14. The van der Waals surface area contributed by atoms with E-state index < -0.39 is 0 Å². The van der Waals surface area contributed by atoms with Gasteiger partial charge in [0.2, 0.25) is 0 Å². The molecule has 0 amide bonds. The van der Waals surface area contributed by atoms with Gasteiger partial charge < -0.3 is 5.32 Å². The van der Waals surface area contributed by atoms with Gasteiger partial charge in [-0.15, -0.1) is 0 Å². The fourth-order valence-corrected chi connectivity index (χ4v) is 2.90. The maximum atomic E-state index is 3.70. The fraction of sp³-hybridized carbons (Fsp3) is 0.238. The lowest BCUT2D eigenvalue weighted by Gasteiger charge is -2.24. The smallest absolute Gasteiger partial charge is 0.0320 e. The number of nitrogens with one attached hydrogen (secondary N) is 1. The molecule has 22 heavy (non-hydrogen) atoms. The normalized spacial score (nSPS) is 18.4. The van der Waals surface area contributed by atoms with E-state index in [1.165, 1.54) is 36.0 Å².